The van der Waals surface area contributed by atoms with Gasteiger partial charge >= 0.3 is 18.3 Å². The van der Waals surface area contributed by atoms with Gasteiger partial charge in [-0.25, -0.2) is 18.6 Å². The first-order valence-corrected chi connectivity index (χ1v) is 6.46. The maximum atomic E-state index is 12.7. The molecule has 1 unspecified atom stereocenters. The minimum Gasteiger partial charge on any atom is -0.479 e. The van der Waals surface area contributed by atoms with Gasteiger partial charge in [0.15, 0.2) is 12.7 Å². The summed E-state index contributed by atoms with van der Waals surface area (Å²) in [6.07, 6.45) is -4.14. The van der Waals surface area contributed by atoms with Gasteiger partial charge in [-0.15, -0.1) is 0 Å². The highest BCUT2D eigenvalue weighted by Gasteiger charge is 2.41. The van der Waals surface area contributed by atoms with E-state index >= 15 is 0 Å². The maximum absolute atomic E-state index is 12.7. The number of nitrogens with zero attached hydrogens (tertiary/aromatic N) is 1. The fourth-order valence-electron chi connectivity index (χ4n) is 1.39. The predicted octanol–water partition coefficient (Wildman–Crippen LogP) is 1.19. The molecule has 0 bridgehead atoms. The number of ether oxygens (including phenoxy) is 2. The highest BCUT2D eigenvalue weighted by atomic mass is 19.3. The molecule has 1 amide bonds. The van der Waals surface area contributed by atoms with Crippen LogP contribution in [0, 0.1) is 0 Å². The number of hydrogen-bond acceptors (Lipinski definition) is 5. The van der Waals surface area contributed by atoms with Gasteiger partial charge in [-0.1, -0.05) is 0 Å². The van der Waals surface area contributed by atoms with Gasteiger partial charge < -0.3 is 19.9 Å². The standard InChI is InChI=1S/C13H14F4N2O5/c1-23-8(11(21)22)5-19-10(20)7-2-3-9(18-4-7)24-6-13(16,17)12(14)15/h2-4,8,12H,5-6H2,1H3,(H,19,20)(H,21,22). The number of alkyl halides is 4. The quantitative estimate of drug-likeness (QED) is 0.647. The number of halogens is 4. The molecule has 1 aromatic rings. The molecule has 0 saturated heterocycles. The van der Waals surface area contributed by atoms with Gasteiger partial charge in [-0.3, -0.25) is 4.79 Å². The molecule has 0 saturated carbocycles. The molecule has 1 heterocycles. The number of aliphatic carboxylic acids is 1. The molecule has 2 N–H and O–H groups in total. The molecule has 0 aliphatic carbocycles. The van der Waals surface area contributed by atoms with Crippen LogP contribution in [0.1, 0.15) is 10.4 Å². The minimum atomic E-state index is -4.32. The molecule has 0 aromatic carbocycles. The summed E-state index contributed by atoms with van der Waals surface area (Å²) in [5.74, 6) is -6.63. The van der Waals surface area contributed by atoms with Crippen LogP contribution in [-0.4, -0.2) is 60.7 Å². The Labute approximate surface area is 133 Å². The van der Waals surface area contributed by atoms with E-state index in [1.54, 1.807) is 0 Å². The summed E-state index contributed by atoms with van der Waals surface area (Å²) in [6, 6.07) is 2.20. The van der Waals surface area contributed by atoms with Crippen molar-refractivity contribution in [2.24, 2.45) is 0 Å². The van der Waals surface area contributed by atoms with E-state index in [1.165, 1.54) is 0 Å². The number of carboxylic acids is 1. The highest BCUT2D eigenvalue weighted by Crippen LogP contribution is 2.23. The van der Waals surface area contributed by atoms with Crippen molar-refractivity contribution < 1.29 is 41.7 Å². The summed E-state index contributed by atoms with van der Waals surface area (Å²) in [4.78, 5) is 26.0. The molecular weight excluding hydrogens is 340 g/mol. The number of carbonyl (C=O) groups is 2. The highest BCUT2D eigenvalue weighted by molar-refractivity contribution is 5.94. The van der Waals surface area contributed by atoms with Crippen molar-refractivity contribution in [3.8, 4) is 5.88 Å². The van der Waals surface area contributed by atoms with E-state index in [0.717, 1.165) is 25.4 Å². The summed E-state index contributed by atoms with van der Waals surface area (Å²) in [5.41, 5.74) is -0.0109. The number of rotatable bonds is 9. The summed E-state index contributed by atoms with van der Waals surface area (Å²) >= 11 is 0. The first-order valence-electron chi connectivity index (χ1n) is 6.46. The zero-order valence-electron chi connectivity index (χ0n) is 12.3. The Kier molecular flexibility index (Phi) is 6.89. The Morgan fingerprint density at radius 1 is 1.38 bits per heavy atom. The molecule has 11 heteroatoms. The second kappa shape index (κ2) is 8.43. The van der Waals surface area contributed by atoms with Gasteiger partial charge in [-0.05, 0) is 6.07 Å². The average molecular weight is 354 g/mol. The van der Waals surface area contributed by atoms with Gasteiger partial charge in [0.1, 0.15) is 0 Å². The second-order valence-electron chi connectivity index (χ2n) is 4.51. The maximum Gasteiger partial charge on any atom is 0.340 e. The number of nitrogens with one attached hydrogen (secondary N) is 1. The normalized spacial score (nSPS) is 12.8. The van der Waals surface area contributed by atoms with E-state index in [1.807, 2.05) is 0 Å². The lowest BCUT2D eigenvalue weighted by Crippen LogP contribution is -2.37. The molecule has 1 aromatic heterocycles. The SMILES string of the molecule is COC(CNC(=O)c1ccc(OCC(F)(F)C(F)F)nc1)C(=O)O. The molecular formula is C13H14F4N2O5. The number of methoxy groups -OCH3 is 1. The van der Waals surface area contributed by atoms with Crippen molar-refractivity contribution >= 4 is 11.9 Å². The predicted molar refractivity (Wildman–Crippen MR) is 71.4 cm³/mol. The molecule has 0 spiro atoms. The molecule has 0 aliphatic heterocycles. The fraction of sp³-hybridized carbons (Fsp3) is 0.462. The zero-order valence-corrected chi connectivity index (χ0v) is 12.3. The number of amides is 1. The van der Waals surface area contributed by atoms with Crippen LogP contribution in [-0.2, 0) is 9.53 Å². The monoisotopic (exact) mass is 354 g/mol. The van der Waals surface area contributed by atoms with Crippen molar-refractivity contribution in [2.45, 2.75) is 18.5 Å². The second-order valence-corrected chi connectivity index (χ2v) is 4.51. The Hall–Kier alpha value is -2.43. The lowest BCUT2D eigenvalue weighted by Gasteiger charge is -2.15. The first kappa shape index (κ1) is 19.6. The molecule has 7 nitrogen and oxygen atoms in total. The number of carbonyl (C=O) groups excluding carboxylic acids is 1. The zero-order chi connectivity index (χ0) is 18.3. The Morgan fingerprint density at radius 2 is 2.04 bits per heavy atom. The Balaban J connectivity index is 2.57. The van der Waals surface area contributed by atoms with E-state index in [0.29, 0.717) is 0 Å². The van der Waals surface area contributed by atoms with Crippen molar-refractivity contribution in [1.29, 1.82) is 0 Å². The molecule has 0 fully saturated rings. The summed E-state index contributed by atoms with van der Waals surface area (Å²) < 4.78 is 58.4. The van der Waals surface area contributed by atoms with E-state index < -0.39 is 36.9 Å². The topological polar surface area (TPSA) is 97.8 Å². The third kappa shape index (κ3) is 5.65. The van der Waals surface area contributed by atoms with Gasteiger partial charge in [0.2, 0.25) is 5.88 Å². The van der Waals surface area contributed by atoms with Gasteiger partial charge in [0.25, 0.3) is 5.91 Å². The third-order valence-electron chi connectivity index (χ3n) is 2.74. The van der Waals surface area contributed by atoms with Crippen LogP contribution in [0.2, 0.25) is 0 Å². The fourth-order valence-corrected chi connectivity index (χ4v) is 1.39. The molecule has 0 radical (unpaired) electrons. The Bertz CT molecular complexity index is 568. The first-order chi connectivity index (χ1) is 11.2. The number of pyridine rings is 1. The van der Waals surface area contributed by atoms with Crippen LogP contribution in [0.15, 0.2) is 18.3 Å². The lowest BCUT2D eigenvalue weighted by atomic mass is 10.2. The van der Waals surface area contributed by atoms with Gasteiger partial charge in [0, 0.05) is 19.4 Å². The van der Waals surface area contributed by atoms with E-state index in [9.17, 15) is 27.2 Å². The molecule has 134 valence electrons. The van der Waals surface area contributed by atoms with Gasteiger partial charge in [0.05, 0.1) is 12.1 Å². The van der Waals surface area contributed by atoms with Crippen LogP contribution >= 0.6 is 0 Å². The van der Waals surface area contributed by atoms with Crippen molar-refractivity contribution in [3.05, 3.63) is 23.9 Å². The minimum absolute atomic E-state index is 0.0109. The number of carboxylic acid groups (broad SMARTS) is 1. The van der Waals surface area contributed by atoms with Crippen molar-refractivity contribution in [2.75, 3.05) is 20.3 Å². The third-order valence-corrected chi connectivity index (χ3v) is 2.74. The summed E-state index contributed by atoms with van der Waals surface area (Å²) in [7, 11) is 1.16. The summed E-state index contributed by atoms with van der Waals surface area (Å²) in [6.45, 7) is -1.86. The molecule has 0 aliphatic rings. The van der Waals surface area contributed by atoms with Crippen molar-refractivity contribution in [1.82, 2.24) is 10.3 Å². The van der Waals surface area contributed by atoms with Crippen LogP contribution in [0.3, 0.4) is 0 Å². The van der Waals surface area contributed by atoms with E-state index in [4.69, 9.17) is 5.11 Å². The van der Waals surface area contributed by atoms with Crippen LogP contribution in [0.5, 0.6) is 5.88 Å². The Morgan fingerprint density at radius 3 is 2.50 bits per heavy atom. The number of hydrogen-bond donors (Lipinski definition) is 2. The largest absolute Gasteiger partial charge is 0.479 e. The van der Waals surface area contributed by atoms with Crippen molar-refractivity contribution in [3.63, 3.8) is 0 Å². The molecule has 24 heavy (non-hydrogen) atoms. The number of aromatic nitrogens is 1. The molecule has 1 atom stereocenters. The van der Waals surface area contributed by atoms with E-state index in [-0.39, 0.29) is 18.0 Å². The van der Waals surface area contributed by atoms with Crippen LogP contribution in [0.25, 0.3) is 0 Å². The van der Waals surface area contributed by atoms with Crippen LogP contribution < -0.4 is 10.1 Å². The smallest absolute Gasteiger partial charge is 0.340 e. The van der Waals surface area contributed by atoms with Crippen LogP contribution in [0.4, 0.5) is 17.6 Å². The van der Waals surface area contributed by atoms with Gasteiger partial charge in [-0.2, -0.15) is 8.78 Å². The average Bonchev–Trinajstić information content (AvgIpc) is 2.53. The molecule has 1 rings (SSSR count). The van der Waals surface area contributed by atoms with E-state index in [2.05, 4.69) is 19.8 Å². The summed E-state index contributed by atoms with van der Waals surface area (Å²) in [5, 5.41) is 11.0. The lowest BCUT2D eigenvalue weighted by molar-refractivity contribution is -0.148.